The number of rotatable bonds is 9. The van der Waals surface area contributed by atoms with Gasteiger partial charge in [0.25, 0.3) is 0 Å². The van der Waals surface area contributed by atoms with Crippen molar-refractivity contribution in [1.82, 2.24) is 14.7 Å². The Morgan fingerprint density at radius 3 is 2.28 bits per heavy atom. The zero-order valence-corrected chi connectivity index (χ0v) is 25.1. The van der Waals surface area contributed by atoms with Crippen molar-refractivity contribution in [3.05, 3.63) is 12.7 Å². The molecule has 13 heteroatoms. The van der Waals surface area contributed by atoms with E-state index in [1.807, 2.05) is 33.9 Å². The number of ketones is 1. The summed E-state index contributed by atoms with van der Waals surface area (Å²) < 4.78 is 11.5. The van der Waals surface area contributed by atoms with Gasteiger partial charge in [-0.1, -0.05) is 33.4 Å². The second-order valence-corrected chi connectivity index (χ2v) is 16.6. The van der Waals surface area contributed by atoms with E-state index in [9.17, 15) is 33.9 Å². The van der Waals surface area contributed by atoms with Crippen molar-refractivity contribution >= 4 is 43.9 Å². The van der Waals surface area contributed by atoms with Crippen molar-refractivity contribution in [3.8, 4) is 0 Å². The third kappa shape index (κ3) is 6.75. The second kappa shape index (κ2) is 12.0. The molecule has 39 heavy (non-hydrogen) atoms. The van der Waals surface area contributed by atoms with Gasteiger partial charge in [0.15, 0.2) is 8.32 Å². The van der Waals surface area contributed by atoms with Crippen molar-refractivity contribution in [2.24, 2.45) is 11.8 Å². The Morgan fingerprint density at radius 2 is 1.79 bits per heavy atom. The highest BCUT2D eigenvalue weighted by atomic mass is 28.4. The lowest BCUT2D eigenvalue weighted by molar-refractivity contribution is -0.178. The number of aliphatic carboxylic acids is 1. The number of carbonyl (C=O) groups excluding carboxylic acids is 5. The van der Waals surface area contributed by atoms with Crippen LogP contribution in [0.5, 0.6) is 0 Å². The van der Waals surface area contributed by atoms with E-state index >= 15 is 0 Å². The van der Waals surface area contributed by atoms with E-state index in [0.717, 1.165) is 0 Å². The quantitative estimate of drug-likeness (QED) is 0.191. The molecule has 2 saturated heterocycles. The summed E-state index contributed by atoms with van der Waals surface area (Å²) in [6.07, 6.45) is -0.321. The summed E-state index contributed by atoms with van der Waals surface area (Å²) >= 11 is 0. The maximum absolute atomic E-state index is 13.5. The van der Waals surface area contributed by atoms with Gasteiger partial charge in [0.1, 0.15) is 18.4 Å². The molecular weight excluding hydrogens is 526 g/mol. The average Bonchev–Trinajstić information content (AvgIpc) is 3.26. The molecule has 2 heterocycles. The fourth-order valence-electron chi connectivity index (χ4n) is 4.76. The number of Topliss-reactive ketones (excluding diaryl/α,β-unsaturated/α-hetero) is 1. The second-order valence-electron chi connectivity index (χ2n) is 11.9. The first-order chi connectivity index (χ1) is 17.9. The van der Waals surface area contributed by atoms with Crippen LogP contribution in [0.4, 0.5) is 4.79 Å². The lowest BCUT2D eigenvalue weighted by Gasteiger charge is -2.49. The molecular formula is C26H41N3O9Si. The molecule has 2 fully saturated rings. The van der Waals surface area contributed by atoms with Gasteiger partial charge in [0.05, 0.1) is 18.1 Å². The smallest absolute Gasteiger partial charge is 0.410 e. The van der Waals surface area contributed by atoms with Crippen LogP contribution in [0.25, 0.3) is 0 Å². The molecule has 2 aliphatic heterocycles. The molecule has 0 aliphatic carbocycles. The average molecular weight is 568 g/mol. The number of β-lactam (4-membered cyclic amide) rings is 1. The molecule has 5 atom stereocenters. The molecule has 0 aromatic carbocycles. The van der Waals surface area contributed by atoms with Crippen molar-refractivity contribution in [3.63, 3.8) is 0 Å². The van der Waals surface area contributed by atoms with E-state index in [0.29, 0.717) is 4.90 Å². The predicted molar refractivity (Wildman–Crippen MR) is 143 cm³/mol. The molecule has 0 spiro atoms. The fourth-order valence-corrected chi connectivity index (χ4v) is 6.19. The lowest BCUT2D eigenvalue weighted by Crippen LogP contribution is -2.68. The predicted octanol–water partition coefficient (Wildman–Crippen LogP) is 1.90. The van der Waals surface area contributed by atoms with Gasteiger partial charge in [-0.25, -0.2) is 9.59 Å². The molecule has 1 N–H and O–H groups in total. The Labute approximate surface area is 230 Å². The number of imide groups is 1. The van der Waals surface area contributed by atoms with Gasteiger partial charge in [-0.05, 0) is 31.5 Å². The van der Waals surface area contributed by atoms with E-state index in [-0.39, 0.29) is 36.9 Å². The summed E-state index contributed by atoms with van der Waals surface area (Å²) in [4.78, 5) is 78.8. The SMILES string of the molecule is C=CCOC(=O)N1CC(C(=O)C[C@@H]2[C@@H]([C@@H](C)O[Si](C)(C)C(C)(C)C)C(=O)N2C(=O)C(=O)O)C[C@H]1C(=O)N(C)C. The molecule has 1 unspecified atom stereocenters. The van der Waals surface area contributed by atoms with E-state index in [1.54, 1.807) is 6.92 Å². The zero-order valence-electron chi connectivity index (χ0n) is 24.1. The number of hydrogen-bond donors (Lipinski definition) is 1. The molecule has 0 saturated carbocycles. The maximum Gasteiger partial charge on any atom is 0.410 e. The minimum atomic E-state index is -2.34. The van der Waals surface area contributed by atoms with Gasteiger partial charge >= 0.3 is 18.0 Å². The largest absolute Gasteiger partial charge is 0.474 e. The van der Waals surface area contributed by atoms with Crippen LogP contribution in [0.1, 0.15) is 40.5 Å². The molecule has 218 valence electrons. The number of hydrogen-bond acceptors (Lipinski definition) is 8. The van der Waals surface area contributed by atoms with Crippen molar-refractivity contribution in [1.29, 1.82) is 0 Å². The minimum absolute atomic E-state index is 0.0350. The number of ether oxygens (including phenoxy) is 1. The summed E-state index contributed by atoms with van der Waals surface area (Å²) in [7, 11) is 0.734. The molecule has 0 aromatic heterocycles. The highest BCUT2D eigenvalue weighted by molar-refractivity contribution is 6.74. The van der Waals surface area contributed by atoms with Gasteiger partial charge in [-0.2, -0.15) is 0 Å². The molecule has 0 aromatic rings. The fraction of sp³-hybridized carbons (Fsp3) is 0.692. The standard InChI is InChI=1S/C26H41N3O9Si/c1-10-11-37-25(36)28-14-16(12-18(28)21(31)27(6)7)19(30)13-17-20(22(32)29(17)23(33)24(34)35)15(2)38-39(8,9)26(3,4)5/h10,15-18,20H,1,11-14H2,2-9H3,(H,34,35)/t15-,16?,17-,18+,20-/m1/s1. The first-order valence-corrected chi connectivity index (χ1v) is 15.8. The zero-order chi connectivity index (χ0) is 30.0. The maximum atomic E-state index is 13.5. The molecule has 2 aliphatic rings. The van der Waals surface area contributed by atoms with Crippen LogP contribution >= 0.6 is 0 Å². The number of nitrogens with zero attached hydrogens (tertiary/aromatic N) is 3. The Bertz CT molecular complexity index is 1040. The molecule has 0 radical (unpaired) electrons. The van der Waals surface area contributed by atoms with Crippen LogP contribution in [0.15, 0.2) is 12.7 Å². The topological polar surface area (TPSA) is 151 Å². The van der Waals surface area contributed by atoms with Gasteiger partial charge in [-0.3, -0.25) is 29.0 Å². The van der Waals surface area contributed by atoms with Crippen molar-refractivity contribution < 1.29 is 43.0 Å². The Balaban J connectivity index is 2.30. The van der Waals surface area contributed by atoms with Gasteiger partial charge in [-0.15, -0.1) is 0 Å². The number of amides is 4. The third-order valence-corrected chi connectivity index (χ3v) is 12.5. The number of carboxylic acid groups (broad SMARTS) is 1. The van der Waals surface area contributed by atoms with E-state index < -0.39 is 68.0 Å². The van der Waals surface area contributed by atoms with Crippen LogP contribution < -0.4 is 0 Å². The molecule has 12 nitrogen and oxygen atoms in total. The van der Waals surface area contributed by atoms with Gasteiger partial charge < -0.3 is 19.2 Å². The van der Waals surface area contributed by atoms with Crippen LogP contribution in [-0.4, -0.2) is 109 Å². The van der Waals surface area contributed by atoms with Gasteiger partial charge in [0, 0.05) is 33.0 Å². The lowest BCUT2D eigenvalue weighted by atomic mass is 9.78. The number of likely N-dealkylation sites (tertiary alicyclic amines) is 2. The molecule has 2 rings (SSSR count). The Hall–Kier alpha value is -3.06. The van der Waals surface area contributed by atoms with Crippen molar-refractivity contribution in [2.75, 3.05) is 27.2 Å². The van der Waals surface area contributed by atoms with Crippen LogP contribution in [0.2, 0.25) is 18.1 Å². The normalized spacial score (nSPS) is 24.1. The number of likely N-dealkylation sites (N-methyl/N-ethyl adjacent to an activating group) is 1. The third-order valence-electron chi connectivity index (χ3n) is 7.91. The summed E-state index contributed by atoms with van der Waals surface area (Å²) in [6, 6.07) is -1.94. The molecule has 4 amide bonds. The summed E-state index contributed by atoms with van der Waals surface area (Å²) in [5.74, 6) is -6.34. The van der Waals surface area contributed by atoms with E-state index in [2.05, 4.69) is 6.58 Å². The first kappa shape index (κ1) is 32.2. The van der Waals surface area contributed by atoms with Gasteiger partial charge in [0.2, 0.25) is 11.8 Å². The number of carboxylic acids is 1. The van der Waals surface area contributed by atoms with E-state index in [4.69, 9.17) is 9.16 Å². The first-order valence-electron chi connectivity index (χ1n) is 12.9. The van der Waals surface area contributed by atoms with Crippen molar-refractivity contribution in [2.45, 2.75) is 76.9 Å². The van der Waals surface area contributed by atoms with Crippen LogP contribution in [-0.2, 0) is 33.1 Å². The summed E-state index contributed by atoms with van der Waals surface area (Å²) in [5.41, 5.74) is 0. The number of carbonyl (C=O) groups is 6. The van der Waals surface area contributed by atoms with Crippen LogP contribution in [0, 0.1) is 11.8 Å². The highest BCUT2D eigenvalue weighted by Gasteiger charge is 2.57. The highest BCUT2D eigenvalue weighted by Crippen LogP contribution is 2.41. The minimum Gasteiger partial charge on any atom is -0.474 e. The molecule has 0 bridgehead atoms. The van der Waals surface area contributed by atoms with E-state index in [1.165, 1.54) is 30.0 Å². The Kier molecular flexibility index (Phi) is 9.88. The van der Waals surface area contributed by atoms with Crippen LogP contribution in [0.3, 0.4) is 0 Å². The Morgan fingerprint density at radius 1 is 1.21 bits per heavy atom. The monoisotopic (exact) mass is 567 g/mol. The summed E-state index contributed by atoms with van der Waals surface area (Å²) in [5, 5.41) is 9.10. The summed E-state index contributed by atoms with van der Waals surface area (Å²) in [6.45, 7) is 15.2.